The van der Waals surface area contributed by atoms with Crippen LogP contribution in [0.15, 0.2) is 54.6 Å². The number of para-hydroxylation sites is 1. The van der Waals surface area contributed by atoms with Crippen LogP contribution >= 0.6 is 0 Å². The van der Waals surface area contributed by atoms with Crippen molar-refractivity contribution in [1.82, 2.24) is 14.7 Å². The molecule has 0 aliphatic carbocycles. The highest BCUT2D eigenvalue weighted by molar-refractivity contribution is 5.99. The summed E-state index contributed by atoms with van der Waals surface area (Å²) in [5, 5.41) is 7.81. The summed E-state index contributed by atoms with van der Waals surface area (Å²) in [5.74, 6) is 0.817. The molecule has 1 heterocycles. The minimum Gasteiger partial charge on any atom is -0.497 e. The number of amides is 2. The third kappa shape index (κ3) is 6.50. The average molecular weight is 477 g/mol. The predicted molar refractivity (Wildman–Crippen MR) is 139 cm³/mol. The van der Waals surface area contributed by atoms with Crippen LogP contribution in [0.3, 0.4) is 0 Å². The number of nitrogens with zero attached hydrogens (tertiary/aromatic N) is 3. The van der Waals surface area contributed by atoms with Gasteiger partial charge in [0, 0.05) is 23.6 Å². The normalized spacial score (nSPS) is 11.3. The van der Waals surface area contributed by atoms with Gasteiger partial charge in [-0.15, -0.1) is 0 Å². The maximum atomic E-state index is 13.2. The second kappa shape index (κ2) is 11.2. The molecule has 7 heteroatoms. The molecule has 0 saturated carbocycles. The lowest BCUT2D eigenvalue weighted by atomic mass is 9.92. The molecule has 2 aromatic carbocycles. The van der Waals surface area contributed by atoms with E-state index in [1.165, 1.54) is 0 Å². The Hall–Kier alpha value is -3.61. The zero-order valence-corrected chi connectivity index (χ0v) is 21.6. The van der Waals surface area contributed by atoms with E-state index < -0.39 is 0 Å². The molecule has 0 aliphatic rings. The number of hydrogen-bond acceptors (Lipinski definition) is 4. The number of rotatable bonds is 9. The van der Waals surface area contributed by atoms with Crippen LogP contribution in [-0.4, -0.2) is 46.7 Å². The zero-order valence-electron chi connectivity index (χ0n) is 21.6. The van der Waals surface area contributed by atoms with Crippen molar-refractivity contribution >= 4 is 17.6 Å². The van der Waals surface area contributed by atoms with E-state index in [0.717, 1.165) is 29.8 Å². The van der Waals surface area contributed by atoms with Crippen molar-refractivity contribution in [3.05, 3.63) is 71.4 Å². The number of aryl methyl sites for hydroxylation is 1. The van der Waals surface area contributed by atoms with Crippen molar-refractivity contribution < 1.29 is 14.3 Å². The number of ether oxygens (including phenoxy) is 1. The summed E-state index contributed by atoms with van der Waals surface area (Å²) in [4.78, 5) is 28.0. The zero-order chi connectivity index (χ0) is 25.6. The van der Waals surface area contributed by atoms with Gasteiger partial charge in [-0.3, -0.25) is 9.59 Å². The molecule has 0 bridgehead atoms. The van der Waals surface area contributed by atoms with Crippen molar-refractivity contribution in [2.24, 2.45) is 0 Å². The molecule has 7 nitrogen and oxygen atoms in total. The molecular formula is C28H36N4O3. The van der Waals surface area contributed by atoms with Crippen LogP contribution < -0.4 is 10.1 Å². The Morgan fingerprint density at radius 2 is 1.77 bits per heavy atom. The van der Waals surface area contributed by atoms with Crippen LogP contribution in [-0.2, 0) is 10.2 Å². The van der Waals surface area contributed by atoms with Crippen LogP contribution in [0.2, 0.25) is 0 Å². The van der Waals surface area contributed by atoms with Crippen molar-refractivity contribution in [2.75, 3.05) is 25.5 Å². The number of unbranched alkanes of at least 4 members (excludes halogenated alkanes) is 1. The van der Waals surface area contributed by atoms with Gasteiger partial charge in [-0.05, 0) is 49.2 Å². The first-order chi connectivity index (χ1) is 16.6. The van der Waals surface area contributed by atoms with Crippen LogP contribution in [0.4, 0.5) is 5.82 Å². The molecule has 1 N–H and O–H groups in total. The Balaban J connectivity index is 1.85. The fourth-order valence-electron chi connectivity index (χ4n) is 3.69. The van der Waals surface area contributed by atoms with Gasteiger partial charge in [0.15, 0.2) is 0 Å². The van der Waals surface area contributed by atoms with Gasteiger partial charge in [0.25, 0.3) is 5.91 Å². The molecule has 35 heavy (non-hydrogen) atoms. The van der Waals surface area contributed by atoms with E-state index in [9.17, 15) is 9.59 Å². The van der Waals surface area contributed by atoms with Gasteiger partial charge >= 0.3 is 0 Å². The monoisotopic (exact) mass is 476 g/mol. The maximum Gasteiger partial charge on any atom is 0.254 e. The molecule has 0 atom stereocenters. The summed E-state index contributed by atoms with van der Waals surface area (Å²) in [6.45, 7) is 10.8. The summed E-state index contributed by atoms with van der Waals surface area (Å²) in [5.41, 5.74) is 3.15. The molecule has 0 radical (unpaired) electrons. The predicted octanol–water partition coefficient (Wildman–Crippen LogP) is 5.37. The van der Waals surface area contributed by atoms with Gasteiger partial charge in [-0.1, -0.05) is 52.3 Å². The summed E-state index contributed by atoms with van der Waals surface area (Å²) in [6.07, 6.45) is 1.73. The van der Waals surface area contributed by atoms with E-state index in [4.69, 9.17) is 9.84 Å². The van der Waals surface area contributed by atoms with Gasteiger partial charge in [0.1, 0.15) is 18.1 Å². The van der Waals surface area contributed by atoms with Crippen LogP contribution in [0.5, 0.6) is 5.75 Å². The Bertz CT molecular complexity index is 1160. The molecule has 0 unspecified atom stereocenters. The highest BCUT2D eigenvalue weighted by Crippen LogP contribution is 2.27. The highest BCUT2D eigenvalue weighted by Gasteiger charge is 2.24. The minimum atomic E-state index is -0.266. The molecule has 0 saturated heterocycles. The Morgan fingerprint density at radius 1 is 1.09 bits per heavy atom. The van der Waals surface area contributed by atoms with Gasteiger partial charge in [-0.25, -0.2) is 4.68 Å². The standard InChI is InChI=1S/C28H36N4O3/c1-7-8-17-31(27(34)21-13-15-22(35-6)16-14-21)19-26(33)29-25-18-24(28(3,4)5)30-32(25)23-12-10-9-11-20(23)2/h9-16,18H,7-8,17,19H2,1-6H3,(H,29,33). The van der Waals surface area contributed by atoms with Gasteiger partial charge in [0.2, 0.25) is 5.91 Å². The van der Waals surface area contributed by atoms with E-state index >= 15 is 0 Å². The van der Waals surface area contributed by atoms with Crippen LogP contribution in [0.1, 0.15) is 62.2 Å². The van der Waals surface area contributed by atoms with Crippen molar-refractivity contribution in [3.8, 4) is 11.4 Å². The van der Waals surface area contributed by atoms with Crippen LogP contribution in [0.25, 0.3) is 5.69 Å². The third-order valence-corrected chi connectivity index (χ3v) is 5.83. The topological polar surface area (TPSA) is 76.5 Å². The molecular weight excluding hydrogens is 440 g/mol. The Morgan fingerprint density at radius 3 is 2.37 bits per heavy atom. The number of methoxy groups -OCH3 is 1. The number of nitrogens with one attached hydrogen (secondary N) is 1. The second-order valence-electron chi connectivity index (χ2n) is 9.72. The largest absolute Gasteiger partial charge is 0.497 e. The lowest BCUT2D eigenvalue weighted by molar-refractivity contribution is -0.117. The van der Waals surface area contributed by atoms with E-state index in [1.807, 2.05) is 37.3 Å². The molecule has 0 aliphatic heterocycles. The third-order valence-electron chi connectivity index (χ3n) is 5.83. The SMILES string of the molecule is CCCCN(CC(=O)Nc1cc(C(C)(C)C)nn1-c1ccccc1C)C(=O)c1ccc(OC)cc1. The number of anilines is 1. The van der Waals surface area contributed by atoms with E-state index in [-0.39, 0.29) is 23.8 Å². The summed E-state index contributed by atoms with van der Waals surface area (Å²) < 4.78 is 6.96. The quantitative estimate of drug-likeness (QED) is 0.451. The Labute approximate surface area is 208 Å². The fourth-order valence-corrected chi connectivity index (χ4v) is 3.69. The molecule has 3 aromatic rings. The molecule has 0 fully saturated rings. The maximum absolute atomic E-state index is 13.2. The van der Waals surface area contributed by atoms with E-state index in [1.54, 1.807) is 41.0 Å². The summed E-state index contributed by atoms with van der Waals surface area (Å²) in [7, 11) is 1.58. The van der Waals surface area contributed by atoms with Gasteiger partial charge in [-0.2, -0.15) is 5.10 Å². The Kier molecular flexibility index (Phi) is 8.33. The average Bonchev–Trinajstić information content (AvgIpc) is 3.25. The van der Waals surface area contributed by atoms with E-state index in [2.05, 4.69) is 33.0 Å². The highest BCUT2D eigenvalue weighted by atomic mass is 16.5. The first kappa shape index (κ1) is 26.0. The van der Waals surface area contributed by atoms with Crippen molar-refractivity contribution in [2.45, 2.75) is 52.9 Å². The van der Waals surface area contributed by atoms with Gasteiger partial charge in [0.05, 0.1) is 18.5 Å². The first-order valence-corrected chi connectivity index (χ1v) is 12.0. The lowest BCUT2D eigenvalue weighted by Gasteiger charge is -2.22. The van der Waals surface area contributed by atoms with E-state index in [0.29, 0.717) is 23.7 Å². The van der Waals surface area contributed by atoms with Crippen LogP contribution in [0, 0.1) is 6.92 Å². The molecule has 0 spiro atoms. The number of carbonyl (C=O) groups is 2. The minimum absolute atomic E-state index is 0.0470. The lowest BCUT2D eigenvalue weighted by Crippen LogP contribution is -2.39. The molecule has 1 aromatic heterocycles. The summed E-state index contributed by atoms with van der Waals surface area (Å²) in [6, 6.07) is 16.8. The molecule has 186 valence electrons. The second-order valence-corrected chi connectivity index (χ2v) is 9.72. The number of benzene rings is 2. The number of aromatic nitrogens is 2. The van der Waals surface area contributed by atoms with Gasteiger partial charge < -0.3 is 15.0 Å². The van der Waals surface area contributed by atoms with Crippen molar-refractivity contribution in [3.63, 3.8) is 0 Å². The smallest absolute Gasteiger partial charge is 0.254 e. The molecule has 2 amide bonds. The fraction of sp³-hybridized carbons (Fsp3) is 0.393. The molecule has 3 rings (SSSR count). The summed E-state index contributed by atoms with van der Waals surface area (Å²) >= 11 is 0. The first-order valence-electron chi connectivity index (χ1n) is 12.0. The number of hydrogen-bond donors (Lipinski definition) is 1. The number of carbonyl (C=O) groups excluding carboxylic acids is 2. The van der Waals surface area contributed by atoms with Crippen molar-refractivity contribution in [1.29, 1.82) is 0 Å².